The van der Waals surface area contributed by atoms with E-state index in [2.05, 4.69) is 41.5 Å². The van der Waals surface area contributed by atoms with Crippen LogP contribution in [-0.4, -0.2) is 54.4 Å². The first-order chi connectivity index (χ1) is 13.6. The van der Waals surface area contributed by atoms with E-state index in [4.69, 9.17) is 19.0 Å². The molecule has 1 saturated carbocycles. The maximum Gasteiger partial charge on any atom is 0.230 e. The first kappa shape index (κ1) is 20.4. The van der Waals surface area contributed by atoms with Crippen molar-refractivity contribution in [1.29, 1.82) is 0 Å². The summed E-state index contributed by atoms with van der Waals surface area (Å²) in [5, 5.41) is 7.69. The molecule has 1 saturated heterocycles. The second kappa shape index (κ2) is 8.13. The average molecular weight is 421 g/mol. The molecule has 2 fully saturated rings. The van der Waals surface area contributed by atoms with Crippen molar-refractivity contribution in [1.82, 2.24) is 20.4 Å². The maximum atomic E-state index is 5.98. The molecule has 2 aliphatic heterocycles. The van der Waals surface area contributed by atoms with Gasteiger partial charge in [0.25, 0.3) is 0 Å². The third kappa shape index (κ3) is 3.83. The van der Waals surface area contributed by atoms with E-state index in [1.165, 1.54) is 11.1 Å². The second-order valence-corrected chi connectivity index (χ2v) is 8.20. The molecule has 1 aliphatic carbocycles. The maximum absolute atomic E-state index is 5.98. The number of hydrogen-bond acceptors (Lipinski definition) is 7. The molecule has 0 spiro atoms. The third-order valence-corrected chi connectivity index (χ3v) is 6.10. The van der Waals surface area contributed by atoms with Crippen molar-refractivity contribution in [3.8, 4) is 11.5 Å². The molecule has 3 heterocycles. The highest BCUT2D eigenvalue weighted by molar-refractivity contribution is 5.85. The van der Waals surface area contributed by atoms with Gasteiger partial charge in [-0.25, -0.2) is 0 Å². The number of piperazine rings is 1. The summed E-state index contributed by atoms with van der Waals surface area (Å²) in [4.78, 5) is 7.03. The number of ether oxygens (including phenoxy) is 2. The minimum Gasteiger partial charge on any atom is -0.494 e. The van der Waals surface area contributed by atoms with Crippen LogP contribution in [0.1, 0.15) is 61.0 Å². The lowest BCUT2D eigenvalue weighted by Crippen LogP contribution is -2.44. The molecule has 1 N–H and O–H groups in total. The van der Waals surface area contributed by atoms with Gasteiger partial charge < -0.3 is 19.3 Å². The molecule has 4 unspecified atom stereocenters. The van der Waals surface area contributed by atoms with Crippen molar-refractivity contribution >= 4 is 12.4 Å². The second-order valence-electron chi connectivity index (χ2n) is 8.20. The summed E-state index contributed by atoms with van der Waals surface area (Å²) < 4.78 is 17.6. The van der Waals surface area contributed by atoms with E-state index in [1.54, 1.807) is 0 Å². The van der Waals surface area contributed by atoms with Crippen LogP contribution in [-0.2, 0) is 6.42 Å². The number of benzene rings is 1. The van der Waals surface area contributed by atoms with Crippen LogP contribution in [0, 0.1) is 0 Å². The quantitative estimate of drug-likeness (QED) is 0.796. The summed E-state index contributed by atoms with van der Waals surface area (Å²) in [5.41, 5.74) is 2.45. The largest absolute Gasteiger partial charge is 0.494 e. The topological polar surface area (TPSA) is 72.7 Å². The number of fused-ring (bicyclic) bond motifs is 1. The van der Waals surface area contributed by atoms with E-state index in [0.717, 1.165) is 55.7 Å². The van der Waals surface area contributed by atoms with E-state index in [0.29, 0.717) is 12.5 Å². The van der Waals surface area contributed by atoms with Gasteiger partial charge in [-0.2, -0.15) is 4.98 Å². The molecule has 0 amide bonds. The Hall–Kier alpha value is -1.83. The van der Waals surface area contributed by atoms with Crippen molar-refractivity contribution in [3.63, 3.8) is 0 Å². The van der Waals surface area contributed by atoms with Gasteiger partial charge in [0.15, 0.2) is 5.82 Å². The fraction of sp³-hybridized carbons (Fsp3) is 0.619. The van der Waals surface area contributed by atoms with Gasteiger partial charge in [0.2, 0.25) is 5.89 Å². The summed E-state index contributed by atoms with van der Waals surface area (Å²) in [6.45, 7) is 7.65. The normalized spacial score (nSPS) is 28.4. The SMILES string of the molecule is CCOc1cc2c(cc1C1CC1c1nc(C3CNCCN3C)no1)OC(C)C2.Cl. The molecule has 0 radical (unpaired) electrons. The Balaban J connectivity index is 0.00000205. The third-order valence-electron chi connectivity index (χ3n) is 6.10. The van der Waals surface area contributed by atoms with E-state index >= 15 is 0 Å². The summed E-state index contributed by atoms with van der Waals surface area (Å²) >= 11 is 0. The van der Waals surface area contributed by atoms with E-state index in [1.807, 2.05) is 6.92 Å². The lowest BCUT2D eigenvalue weighted by molar-refractivity contribution is 0.190. The fourth-order valence-electron chi connectivity index (χ4n) is 4.46. The van der Waals surface area contributed by atoms with Gasteiger partial charge in [0.1, 0.15) is 17.6 Å². The lowest BCUT2D eigenvalue weighted by atomic mass is 10.0. The highest BCUT2D eigenvalue weighted by Gasteiger charge is 2.46. The molecule has 158 valence electrons. The molecule has 4 atom stereocenters. The fourth-order valence-corrected chi connectivity index (χ4v) is 4.46. The van der Waals surface area contributed by atoms with E-state index < -0.39 is 0 Å². The molecule has 8 heteroatoms. The van der Waals surface area contributed by atoms with Crippen LogP contribution in [0.15, 0.2) is 16.7 Å². The number of nitrogens with zero attached hydrogens (tertiary/aromatic N) is 3. The van der Waals surface area contributed by atoms with E-state index in [9.17, 15) is 0 Å². The van der Waals surface area contributed by atoms with Crippen molar-refractivity contribution in [2.75, 3.05) is 33.3 Å². The van der Waals surface area contributed by atoms with Gasteiger partial charge >= 0.3 is 0 Å². The Bertz CT molecular complexity index is 874. The molecular formula is C21H29ClN4O3. The Morgan fingerprint density at radius 3 is 2.97 bits per heavy atom. The van der Waals surface area contributed by atoms with Crippen molar-refractivity contribution in [3.05, 3.63) is 35.0 Å². The predicted octanol–water partition coefficient (Wildman–Crippen LogP) is 3.06. The van der Waals surface area contributed by atoms with Crippen molar-refractivity contribution < 1.29 is 14.0 Å². The molecule has 1 aromatic heterocycles. The summed E-state index contributed by atoms with van der Waals surface area (Å²) in [6.07, 6.45) is 2.18. The Morgan fingerprint density at radius 1 is 1.31 bits per heavy atom. The predicted molar refractivity (Wildman–Crippen MR) is 111 cm³/mol. The van der Waals surface area contributed by atoms with Gasteiger partial charge in [0, 0.05) is 49.0 Å². The minimum atomic E-state index is 0. The lowest BCUT2D eigenvalue weighted by Gasteiger charge is -2.30. The van der Waals surface area contributed by atoms with Crippen LogP contribution in [0.2, 0.25) is 0 Å². The smallest absolute Gasteiger partial charge is 0.230 e. The molecule has 1 aromatic carbocycles. The van der Waals surface area contributed by atoms with Crippen LogP contribution in [0.25, 0.3) is 0 Å². The number of aromatic nitrogens is 2. The molecule has 29 heavy (non-hydrogen) atoms. The molecule has 5 rings (SSSR count). The summed E-state index contributed by atoms with van der Waals surface area (Å²) in [6, 6.07) is 4.51. The highest BCUT2D eigenvalue weighted by atomic mass is 35.5. The van der Waals surface area contributed by atoms with Crippen LogP contribution in [0.4, 0.5) is 0 Å². The van der Waals surface area contributed by atoms with E-state index in [-0.39, 0.29) is 30.5 Å². The van der Waals surface area contributed by atoms with Gasteiger partial charge in [-0.1, -0.05) is 5.16 Å². The highest BCUT2D eigenvalue weighted by Crippen LogP contribution is 2.57. The number of nitrogens with one attached hydrogen (secondary N) is 1. The molecule has 3 aliphatic rings. The molecule has 2 aromatic rings. The zero-order chi connectivity index (χ0) is 19.3. The van der Waals surface area contributed by atoms with Crippen molar-refractivity contribution in [2.45, 2.75) is 50.7 Å². The van der Waals surface area contributed by atoms with Crippen LogP contribution in [0.3, 0.4) is 0 Å². The monoisotopic (exact) mass is 420 g/mol. The zero-order valence-corrected chi connectivity index (χ0v) is 18.0. The van der Waals surface area contributed by atoms with Crippen LogP contribution in [0.5, 0.6) is 11.5 Å². The average Bonchev–Trinajstić information content (AvgIpc) is 3.15. The first-order valence-electron chi connectivity index (χ1n) is 10.3. The Morgan fingerprint density at radius 2 is 2.17 bits per heavy atom. The molecule has 0 bridgehead atoms. The molecule has 7 nitrogen and oxygen atoms in total. The standard InChI is InChI=1S/C21H28N4O3.ClH/c1-4-26-19-8-13-7-12(2)27-18(13)10-15(19)14-9-16(14)21-23-20(24-28-21)17-11-22-5-6-25(17)3;/h8,10,12,14,16-17,22H,4-7,9,11H2,1-3H3;1H. The van der Waals surface area contributed by atoms with Crippen LogP contribution >= 0.6 is 12.4 Å². The number of likely N-dealkylation sites (N-methyl/N-ethyl adjacent to an activating group) is 1. The minimum absolute atomic E-state index is 0. The molecular weight excluding hydrogens is 392 g/mol. The number of halogens is 1. The summed E-state index contributed by atoms with van der Waals surface area (Å²) in [5.74, 6) is 4.11. The first-order valence-corrected chi connectivity index (χ1v) is 10.3. The van der Waals surface area contributed by atoms with Crippen LogP contribution < -0.4 is 14.8 Å². The van der Waals surface area contributed by atoms with Gasteiger partial charge in [-0.3, -0.25) is 4.90 Å². The van der Waals surface area contributed by atoms with Gasteiger partial charge in [-0.05, 0) is 39.4 Å². The Labute approximate surface area is 177 Å². The Kier molecular flexibility index (Phi) is 5.73. The number of hydrogen-bond donors (Lipinski definition) is 1. The van der Waals surface area contributed by atoms with Gasteiger partial charge in [0.05, 0.1) is 12.6 Å². The van der Waals surface area contributed by atoms with Gasteiger partial charge in [-0.15, -0.1) is 12.4 Å². The number of rotatable bonds is 5. The summed E-state index contributed by atoms with van der Waals surface area (Å²) in [7, 11) is 2.11. The van der Waals surface area contributed by atoms with Crippen molar-refractivity contribution in [2.24, 2.45) is 0 Å². The zero-order valence-electron chi connectivity index (χ0n) is 17.2.